The third-order valence-corrected chi connectivity index (χ3v) is 2.36. The lowest BCUT2D eigenvalue weighted by Gasteiger charge is -2.05. The topological polar surface area (TPSA) is 38.9 Å². The molecule has 0 aliphatic carbocycles. The molecule has 0 amide bonds. The van der Waals surface area contributed by atoms with E-state index < -0.39 is 23.0 Å². The van der Waals surface area contributed by atoms with Crippen molar-refractivity contribution in [3.63, 3.8) is 0 Å². The zero-order valence-corrected chi connectivity index (χ0v) is 7.95. The summed E-state index contributed by atoms with van der Waals surface area (Å²) in [5.74, 6) is -3.55. The maximum atomic E-state index is 13.3. The zero-order chi connectivity index (χ0) is 11.2. The normalized spacial score (nSPS) is 10.9. The van der Waals surface area contributed by atoms with E-state index in [-0.39, 0.29) is 16.1 Å². The highest BCUT2D eigenvalue weighted by Crippen LogP contribution is 2.31. The Morgan fingerprint density at radius 3 is 2.53 bits per heavy atom. The molecule has 0 bridgehead atoms. The summed E-state index contributed by atoms with van der Waals surface area (Å²) in [4.78, 5) is 3.50. The van der Waals surface area contributed by atoms with Crippen molar-refractivity contribution in [2.75, 3.05) is 5.73 Å². The Kier molecular flexibility index (Phi) is 2.19. The van der Waals surface area contributed by atoms with E-state index in [9.17, 15) is 13.2 Å². The Morgan fingerprint density at radius 2 is 1.87 bits per heavy atom. The maximum absolute atomic E-state index is 13.3. The second-order valence-corrected chi connectivity index (χ2v) is 3.28. The maximum Gasteiger partial charge on any atom is 0.185 e. The molecule has 0 saturated heterocycles. The summed E-state index contributed by atoms with van der Waals surface area (Å²) in [6.45, 7) is 0. The van der Waals surface area contributed by atoms with Crippen LogP contribution in [0.5, 0.6) is 0 Å². The van der Waals surface area contributed by atoms with Crippen LogP contribution >= 0.6 is 11.6 Å². The molecule has 6 heteroatoms. The van der Waals surface area contributed by atoms with E-state index in [0.29, 0.717) is 6.07 Å². The van der Waals surface area contributed by atoms with Gasteiger partial charge in [-0.3, -0.25) is 4.98 Å². The summed E-state index contributed by atoms with van der Waals surface area (Å²) in [5, 5.41) is -0.480. The molecule has 0 aliphatic heterocycles. The third-order valence-electron chi connectivity index (χ3n) is 1.95. The largest absolute Gasteiger partial charge is 0.396 e. The van der Waals surface area contributed by atoms with Gasteiger partial charge >= 0.3 is 0 Å². The van der Waals surface area contributed by atoms with E-state index in [1.54, 1.807) is 0 Å². The first-order valence-electron chi connectivity index (χ1n) is 3.89. The Balaban J connectivity index is 3.03. The van der Waals surface area contributed by atoms with Crippen molar-refractivity contribution in [2.24, 2.45) is 0 Å². The Bertz CT molecular complexity index is 557. The number of nitrogen functional groups attached to an aromatic ring is 1. The Hall–Kier alpha value is -1.49. The van der Waals surface area contributed by atoms with Crippen LogP contribution < -0.4 is 5.73 Å². The lowest BCUT2D eigenvalue weighted by molar-refractivity contribution is 0.504. The zero-order valence-electron chi connectivity index (χ0n) is 7.19. The van der Waals surface area contributed by atoms with Crippen LogP contribution in [0.15, 0.2) is 12.3 Å². The predicted octanol–water partition coefficient (Wildman–Crippen LogP) is 2.89. The van der Waals surface area contributed by atoms with Gasteiger partial charge in [-0.05, 0) is 0 Å². The van der Waals surface area contributed by atoms with Gasteiger partial charge in [0.05, 0.1) is 22.3 Å². The average molecular weight is 233 g/mol. The SMILES string of the molecule is Nc1cnc2c(F)c(F)cc(F)c2c1Cl. The molecule has 0 aliphatic rings. The van der Waals surface area contributed by atoms with Crippen LogP contribution in [0.25, 0.3) is 10.9 Å². The van der Waals surface area contributed by atoms with Crippen LogP contribution in [-0.4, -0.2) is 4.98 Å². The highest BCUT2D eigenvalue weighted by Gasteiger charge is 2.17. The number of benzene rings is 1. The minimum atomic E-state index is -1.31. The molecule has 2 rings (SSSR count). The van der Waals surface area contributed by atoms with Gasteiger partial charge in [0.1, 0.15) is 11.3 Å². The molecule has 0 radical (unpaired) electrons. The molecule has 0 atom stereocenters. The monoisotopic (exact) mass is 232 g/mol. The molecular formula is C9H4ClF3N2. The molecular weight excluding hydrogens is 229 g/mol. The van der Waals surface area contributed by atoms with Crippen molar-refractivity contribution < 1.29 is 13.2 Å². The number of nitrogens with zero attached hydrogens (tertiary/aromatic N) is 1. The number of halogens is 4. The summed E-state index contributed by atoms with van der Waals surface area (Å²) < 4.78 is 39.3. The second-order valence-electron chi connectivity index (χ2n) is 2.91. The van der Waals surface area contributed by atoms with E-state index in [4.69, 9.17) is 17.3 Å². The Morgan fingerprint density at radius 1 is 1.20 bits per heavy atom. The van der Waals surface area contributed by atoms with Crippen LogP contribution in [0.3, 0.4) is 0 Å². The van der Waals surface area contributed by atoms with Crippen LogP contribution in [-0.2, 0) is 0 Å². The van der Waals surface area contributed by atoms with Crippen LogP contribution in [0.4, 0.5) is 18.9 Å². The molecule has 0 unspecified atom stereocenters. The van der Waals surface area contributed by atoms with Crippen LogP contribution in [0.2, 0.25) is 5.02 Å². The van der Waals surface area contributed by atoms with Crippen molar-refractivity contribution in [2.45, 2.75) is 0 Å². The fourth-order valence-electron chi connectivity index (χ4n) is 1.25. The van der Waals surface area contributed by atoms with Gasteiger partial charge in [-0.2, -0.15) is 0 Å². The number of hydrogen-bond acceptors (Lipinski definition) is 2. The van der Waals surface area contributed by atoms with E-state index in [1.807, 2.05) is 0 Å². The smallest absolute Gasteiger partial charge is 0.185 e. The van der Waals surface area contributed by atoms with Gasteiger partial charge in [0.15, 0.2) is 11.6 Å². The van der Waals surface area contributed by atoms with Crippen molar-refractivity contribution in [1.29, 1.82) is 0 Å². The number of hydrogen-bond donors (Lipinski definition) is 1. The summed E-state index contributed by atoms with van der Waals surface area (Å²) >= 11 is 5.66. The summed E-state index contributed by atoms with van der Waals surface area (Å²) in [5.41, 5.74) is 4.91. The van der Waals surface area contributed by atoms with E-state index in [1.165, 1.54) is 0 Å². The molecule has 2 nitrogen and oxygen atoms in total. The molecule has 15 heavy (non-hydrogen) atoms. The lowest BCUT2D eigenvalue weighted by atomic mass is 10.2. The van der Waals surface area contributed by atoms with Gasteiger partial charge in [0, 0.05) is 6.07 Å². The van der Waals surface area contributed by atoms with Gasteiger partial charge in [-0.15, -0.1) is 0 Å². The predicted molar refractivity (Wildman–Crippen MR) is 51.0 cm³/mol. The number of anilines is 1. The molecule has 1 aromatic carbocycles. The van der Waals surface area contributed by atoms with Gasteiger partial charge < -0.3 is 5.73 Å². The molecule has 78 valence electrons. The number of rotatable bonds is 0. The molecule has 0 fully saturated rings. The number of nitrogens with two attached hydrogens (primary N) is 1. The van der Waals surface area contributed by atoms with E-state index in [0.717, 1.165) is 6.20 Å². The van der Waals surface area contributed by atoms with Crippen LogP contribution in [0.1, 0.15) is 0 Å². The third kappa shape index (κ3) is 1.39. The van der Waals surface area contributed by atoms with Crippen molar-refractivity contribution >= 4 is 28.2 Å². The number of aromatic nitrogens is 1. The second kappa shape index (κ2) is 3.27. The van der Waals surface area contributed by atoms with Crippen molar-refractivity contribution in [1.82, 2.24) is 4.98 Å². The highest BCUT2D eigenvalue weighted by atomic mass is 35.5. The van der Waals surface area contributed by atoms with E-state index in [2.05, 4.69) is 4.98 Å². The standard InChI is InChI=1S/C9H4ClF3N2/c10-7-5(14)2-15-9-6(7)3(11)1-4(12)8(9)13/h1-2H,14H2. The van der Waals surface area contributed by atoms with E-state index >= 15 is 0 Å². The molecule has 1 heterocycles. The molecule has 1 aromatic heterocycles. The summed E-state index contributed by atoms with van der Waals surface area (Å²) in [6, 6.07) is 0.407. The molecule has 0 spiro atoms. The molecule has 2 aromatic rings. The highest BCUT2D eigenvalue weighted by molar-refractivity contribution is 6.37. The first-order valence-corrected chi connectivity index (χ1v) is 4.27. The summed E-state index contributed by atoms with van der Waals surface area (Å²) in [7, 11) is 0. The summed E-state index contributed by atoms with van der Waals surface area (Å²) in [6.07, 6.45) is 1.05. The minimum absolute atomic E-state index is 0.00840. The first kappa shape index (κ1) is 10.0. The number of fused-ring (bicyclic) bond motifs is 1. The lowest BCUT2D eigenvalue weighted by Crippen LogP contribution is -1.97. The van der Waals surface area contributed by atoms with Gasteiger partial charge in [-0.1, -0.05) is 11.6 Å². The number of pyridine rings is 1. The average Bonchev–Trinajstić information content (AvgIpc) is 2.18. The van der Waals surface area contributed by atoms with Gasteiger partial charge in [0.25, 0.3) is 0 Å². The minimum Gasteiger partial charge on any atom is -0.396 e. The van der Waals surface area contributed by atoms with Crippen LogP contribution in [0, 0.1) is 17.5 Å². The van der Waals surface area contributed by atoms with Crippen molar-refractivity contribution in [3.05, 3.63) is 34.7 Å². The quantitative estimate of drug-likeness (QED) is 0.710. The first-order chi connectivity index (χ1) is 7.02. The van der Waals surface area contributed by atoms with Gasteiger partial charge in [-0.25, -0.2) is 13.2 Å². The molecule has 0 saturated carbocycles. The van der Waals surface area contributed by atoms with Gasteiger partial charge in [0.2, 0.25) is 0 Å². The Labute approximate surface area is 87.5 Å². The fourth-order valence-corrected chi connectivity index (χ4v) is 1.48. The van der Waals surface area contributed by atoms with Crippen molar-refractivity contribution in [3.8, 4) is 0 Å². The fraction of sp³-hybridized carbons (Fsp3) is 0. The molecule has 2 N–H and O–H groups in total.